The zero-order valence-corrected chi connectivity index (χ0v) is 25.3. The van der Waals surface area contributed by atoms with Gasteiger partial charge in [-0.2, -0.15) is 0 Å². The van der Waals surface area contributed by atoms with Crippen LogP contribution in [0.3, 0.4) is 0 Å². The van der Waals surface area contributed by atoms with E-state index in [1.165, 1.54) is 55.1 Å². The quantitative estimate of drug-likeness (QED) is 0.211. The lowest BCUT2D eigenvalue weighted by atomic mass is 9.78. The van der Waals surface area contributed by atoms with Gasteiger partial charge in [-0.3, -0.25) is 0 Å². The number of hydrogen-bond donors (Lipinski definition) is 0. The molecule has 3 aliphatic carbocycles. The number of rotatable bonds is 4. The van der Waals surface area contributed by atoms with Gasteiger partial charge >= 0.3 is 0 Å². The fourth-order valence-electron chi connectivity index (χ4n) is 7.79. The van der Waals surface area contributed by atoms with E-state index in [-0.39, 0.29) is 12.0 Å². The second kappa shape index (κ2) is 10.3. The Morgan fingerprint density at radius 1 is 0.711 bits per heavy atom. The molecule has 0 N–H and O–H groups in total. The molecule has 0 radical (unpaired) electrons. The summed E-state index contributed by atoms with van der Waals surface area (Å²) in [6, 6.07) is 36.9. The highest BCUT2D eigenvalue weighted by molar-refractivity contribution is 5.88. The Balaban J connectivity index is 1.13. The van der Waals surface area contributed by atoms with Gasteiger partial charge in [-0.1, -0.05) is 127 Å². The van der Waals surface area contributed by atoms with Crippen molar-refractivity contribution in [1.82, 2.24) is 0 Å². The molecule has 4 unspecified atom stereocenters. The van der Waals surface area contributed by atoms with Crippen LogP contribution in [0.2, 0.25) is 0 Å². The molecule has 0 saturated carbocycles. The van der Waals surface area contributed by atoms with Crippen LogP contribution in [-0.2, 0) is 4.74 Å². The molecule has 4 aromatic carbocycles. The minimum Gasteiger partial charge on any atom is -0.456 e. The highest BCUT2D eigenvalue weighted by Crippen LogP contribution is 2.48. The van der Waals surface area contributed by atoms with Gasteiger partial charge in [-0.05, 0) is 76.9 Å². The molecule has 9 rings (SSSR count). The largest absolute Gasteiger partial charge is 0.456 e. The van der Waals surface area contributed by atoms with E-state index in [1.807, 2.05) is 0 Å². The lowest BCUT2D eigenvalue weighted by Gasteiger charge is -2.26. The van der Waals surface area contributed by atoms with Gasteiger partial charge in [-0.15, -0.1) is 0 Å². The number of furan rings is 1. The van der Waals surface area contributed by atoms with Crippen LogP contribution in [0, 0.1) is 5.92 Å². The van der Waals surface area contributed by atoms with E-state index in [0.29, 0.717) is 5.92 Å². The second-order valence-electron chi connectivity index (χ2n) is 12.9. The zero-order valence-electron chi connectivity index (χ0n) is 25.3. The van der Waals surface area contributed by atoms with Crippen molar-refractivity contribution in [2.45, 2.75) is 37.4 Å². The number of allylic oxidation sites excluding steroid dienone is 6. The van der Waals surface area contributed by atoms with Gasteiger partial charge < -0.3 is 9.15 Å². The number of hydrogen-bond acceptors (Lipinski definition) is 2. The first-order chi connectivity index (χ1) is 22.1. The van der Waals surface area contributed by atoms with Gasteiger partial charge in [0.15, 0.2) is 0 Å². The third-order valence-electron chi connectivity index (χ3n) is 10.1. The molecule has 5 aromatic rings. The Labute approximate surface area is 263 Å². The van der Waals surface area contributed by atoms with Crippen molar-refractivity contribution in [1.29, 1.82) is 0 Å². The average molecular weight is 583 g/mol. The maximum absolute atomic E-state index is 6.78. The van der Waals surface area contributed by atoms with E-state index < -0.39 is 5.60 Å². The molecule has 4 atom stereocenters. The highest BCUT2D eigenvalue weighted by Gasteiger charge is 2.49. The number of ether oxygens (including phenoxy) is 1. The van der Waals surface area contributed by atoms with Gasteiger partial charge in [0.25, 0.3) is 0 Å². The Morgan fingerprint density at radius 2 is 1.47 bits per heavy atom. The Kier molecular flexibility index (Phi) is 6.08. The standard InChI is InChI=1S/C43H34O2/c1-43-23-22-36-37-26-34(32-16-8-14-30(24-32)28-10-4-2-5-11-28)18-20-39(37)44-42(36)41(43)38-27-35(19-21-40(38)45-43)33-17-9-15-31(25-33)29-12-6-3-7-13-29/h2-13,15-22,24-27,30,38,40H,14,23H2,1H3. The third kappa shape index (κ3) is 4.43. The summed E-state index contributed by atoms with van der Waals surface area (Å²) in [5.74, 6) is 0.516. The van der Waals surface area contributed by atoms with Crippen molar-refractivity contribution in [3.8, 4) is 11.1 Å². The Bertz CT molecular complexity index is 2210. The molecule has 2 heterocycles. The van der Waals surface area contributed by atoms with Gasteiger partial charge in [0.2, 0.25) is 0 Å². The van der Waals surface area contributed by atoms with Crippen LogP contribution >= 0.6 is 0 Å². The second-order valence-corrected chi connectivity index (χ2v) is 12.9. The average Bonchev–Trinajstić information content (AvgIpc) is 3.62. The first-order valence-corrected chi connectivity index (χ1v) is 16.1. The van der Waals surface area contributed by atoms with Gasteiger partial charge in [0, 0.05) is 28.0 Å². The van der Waals surface area contributed by atoms with E-state index in [0.717, 1.165) is 23.8 Å². The number of benzene rings is 4. The van der Waals surface area contributed by atoms with E-state index in [9.17, 15) is 0 Å². The molecule has 218 valence electrons. The fraction of sp³-hybridized carbons (Fsp3) is 0.163. The van der Waals surface area contributed by atoms with E-state index in [2.05, 4.69) is 153 Å². The Morgan fingerprint density at radius 3 is 2.33 bits per heavy atom. The van der Waals surface area contributed by atoms with Crippen molar-refractivity contribution < 1.29 is 9.15 Å². The SMILES string of the molecule is CC12CC=c3c(oc4ccc(C5=CC(c6ccccc6)CC=C5)cc34)=C1C1C=C(c3cccc(-c4ccccc4)c3)C=CC1O2. The lowest BCUT2D eigenvalue weighted by molar-refractivity contribution is 0.0106. The summed E-state index contributed by atoms with van der Waals surface area (Å²) in [7, 11) is 0. The zero-order chi connectivity index (χ0) is 30.0. The molecule has 1 aromatic heterocycles. The molecular formula is C43H34O2. The topological polar surface area (TPSA) is 22.4 Å². The molecule has 0 bridgehead atoms. The summed E-state index contributed by atoms with van der Waals surface area (Å²) in [5.41, 5.74) is 11.6. The molecule has 1 saturated heterocycles. The van der Waals surface area contributed by atoms with Crippen LogP contribution in [-0.4, -0.2) is 11.7 Å². The lowest BCUT2D eigenvalue weighted by Crippen LogP contribution is -2.39. The predicted octanol–water partition coefficient (Wildman–Crippen LogP) is 8.99. The Hall–Kier alpha value is -4.92. The fourth-order valence-corrected chi connectivity index (χ4v) is 7.79. The number of fused-ring (bicyclic) bond motifs is 6. The van der Waals surface area contributed by atoms with Crippen molar-refractivity contribution in [2.75, 3.05) is 0 Å². The van der Waals surface area contributed by atoms with E-state index in [1.54, 1.807) is 0 Å². The highest BCUT2D eigenvalue weighted by atomic mass is 16.5. The molecule has 45 heavy (non-hydrogen) atoms. The third-order valence-corrected chi connectivity index (χ3v) is 10.1. The summed E-state index contributed by atoms with van der Waals surface area (Å²) in [4.78, 5) is 0. The summed E-state index contributed by atoms with van der Waals surface area (Å²) >= 11 is 0. The molecule has 4 aliphatic rings. The van der Waals surface area contributed by atoms with Crippen LogP contribution in [0.25, 0.3) is 44.9 Å². The summed E-state index contributed by atoms with van der Waals surface area (Å²) in [6.45, 7) is 2.23. The maximum atomic E-state index is 6.78. The van der Waals surface area contributed by atoms with Crippen LogP contribution in [0.5, 0.6) is 0 Å². The predicted molar refractivity (Wildman–Crippen MR) is 185 cm³/mol. The molecule has 0 spiro atoms. The van der Waals surface area contributed by atoms with Crippen LogP contribution in [0.4, 0.5) is 0 Å². The van der Waals surface area contributed by atoms with Crippen LogP contribution in [0.15, 0.2) is 144 Å². The van der Waals surface area contributed by atoms with Crippen molar-refractivity contribution in [3.05, 3.63) is 167 Å². The molecule has 2 nitrogen and oxygen atoms in total. The minimum atomic E-state index is -0.390. The molecule has 1 fully saturated rings. The molecule has 2 heteroatoms. The maximum Gasteiger partial charge on any atom is 0.137 e. The van der Waals surface area contributed by atoms with Gasteiger partial charge in [0.1, 0.15) is 11.0 Å². The molecule has 0 amide bonds. The van der Waals surface area contributed by atoms with Crippen molar-refractivity contribution >= 4 is 33.8 Å². The van der Waals surface area contributed by atoms with E-state index in [4.69, 9.17) is 9.15 Å². The minimum absolute atomic E-state index is 0.00151. The van der Waals surface area contributed by atoms with Crippen molar-refractivity contribution in [3.63, 3.8) is 0 Å². The van der Waals surface area contributed by atoms with Crippen LogP contribution < -0.4 is 10.6 Å². The summed E-state index contributed by atoms with van der Waals surface area (Å²) in [5, 5.41) is 2.39. The molecular weight excluding hydrogens is 548 g/mol. The first kappa shape index (κ1) is 26.5. The van der Waals surface area contributed by atoms with E-state index >= 15 is 0 Å². The molecule has 1 aliphatic heterocycles. The van der Waals surface area contributed by atoms with Crippen LogP contribution in [0.1, 0.15) is 42.4 Å². The monoisotopic (exact) mass is 582 g/mol. The first-order valence-electron chi connectivity index (χ1n) is 16.1. The normalized spacial score (nSPS) is 24.8. The summed E-state index contributed by atoms with van der Waals surface area (Å²) in [6.07, 6.45) is 18.1. The summed E-state index contributed by atoms with van der Waals surface area (Å²) < 4.78 is 13.5. The van der Waals surface area contributed by atoms with Gasteiger partial charge in [-0.25, -0.2) is 0 Å². The van der Waals surface area contributed by atoms with Crippen molar-refractivity contribution in [2.24, 2.45) is 5.92 Å². The smallest absolute Gasteiger partial charge is 0.137 e. The van der Waals surface area contributed by atoms with Gasteiger partial charge in [0.05, 0.1) is 11.7 Å².